The minimum absolute atomic E-state index is 0.0516. The zero-order chi connectivity index (χ0) is 28.8. The highest BCUT2D eigenvalue weighted by Gasteiger charge is 2.34. The average Bonchev–Trinajstić information content (AvgIpc) is 3.68. The number of hydrogen-bond acceptors (Lipinski definition) is 7. The normalized spacial score (nSPS) is 15.3. The summed E-state index contributed by atoms with van der Waals surface area (Å²) in [5, 5.41) is 16.2. The van der Waals surface area contributed by atoms with Crippen LogP contribution in [0.1, 0.15) is 30.0 Å². The Hall–Kier alpha value is -4.28. The smallest absolute Gasteiger partial charge is 0.251 e. The lowest BCUT2D eigenvalue weighted by atomic mass is 10.0. The Bertz CT molecular complexity index is 1490. The van der Waals surface area contributed by atoms with Crippen LogP contribution in [0.4, 0.5) is 5.69 Å². The van der Waals surface area contributed by atoms with Crippen molar-refractivity contribution in [3.63, 3.8) is 0 Å². The number of nitrogens with one attached hydrogen (secondary N) is 1. The summed E-state index contributed by atoms with van der Waals surface area (Å²) in [6.07, 6.45) is 1.78. The number of tetrazole rings is 1. The predicted octanol–water partition coefficient (Wildman–Crippen LogP) is 4.38. The van der Waals surface area contributed by atoms with Crippen molar-refractivity contribution in [2.75, 3.05) is 25.2 Å². The Labute approximate surface area is 243 Å². The van der Waals surface area contributed by atoms with E-state index in [0.717, 1.165) is 18.4 Å². The maximum atomic E-state index is 14.1. The molecule has 0 saturated carbocycles. The third-order valence-electron chi connectivity index (χ3n) is 6.86. The Morgan fingerprint density at radius 1 is 1.15 bits per heavy atom. The molecule has 3 aromatic carbocycles. The molecule has 1 aromatic heterocycles. The zero-order valence-electron chi connectivity index (χ0n) is 22.9. The van der Waals surface area contributed by atoms with Crippen LogP contribution < -0.4 is 15.0 Å². The van der Waals surface area contributed by atoms with Crippen LogP contribution in [0.25, 0.3) is 11.4 Å². The summed E-state index contributed by atoms with van der Waals surface area (Å²) in [5.41, 5.74) is 2.90. The van der Waals surface area contributed by atoms with Crippen LogP contribution in [0.15, 0.2) is 72.8 Å². The van der Waals surface area contributed by atoms with E-state index in [9.17, 15) is 9.59 Å². The van der Waals surface area contributed by atoms with E-state index < -0.39 is 11.9 Å². The van der Waals surface area contributed by atoms with Gasteiger partial charge in [0, 0.05) is 35.5 Å². The van der Waals surface area contributed by atoms with Crippen LogP contribution in [-0.4, -0.2) is 58.4 Å². The number of ether oxygens (including phenoxy) is 2. The molecule has 10 nitrogen and oxygen atoms in total. The van der Waals surface area contributed by atoms with Crippen molar-refractivity contribution >= 4 is 29.1 Å². The van der Waals surface area contributed by atoms with Gasteiger partial charge in [0.25, 0.3) is 5.91 Å². The first-order valence-corrected chi connectivity index (χ1v) is 13.7. The molecule has 41 heavy (non-hydrogen) atoms. The van der Waals surface area contributed by atoms with Gasteiger partial charge in [-0.15, -0.1) is 10.2 Å². The highest BCUT2D eigenvalue weighted by atomic mass is 35.5. The molecule has 1 N–H and O–H groups in total. The minimum Gasteiger partial charge on any atom is -0.497 e. The van der Waals surface area contributed by atoms with Crippen molar-refractivity contribution in [3.8, 4) is 17.1 Å². The highest BCUT2D eigenvalue weighted by molar-refractivity contribution is 6.30. The maximum absolute atomic E-state index is 14.1. The molecule has 5 rings (SSSR count). The fourth-order valence-electron chi connectivity index (χ4n) is 4.70. The molecule has 1 fully saturated rings. The third-order valence-corrected chi connectivity index (χ3v) is 7.11. The SMILES string of the molecule is COc1cccc(N(C(=O)Cn2nnc(-c3ccc(Cl)cc3)n2)[C@@H](C(=O)NC[C@@H]2CCCO2)c2ccc(C)cc2)c1. The van der Waals surface area contributed by atoms with E-state index in [-0.39, 0.29) is 18.6 Å². The first-order valence-electron chi connectivity index (χ1n) is 13.4. The lowest BCUT2D eigenvalue weighted by molar-refractivity contribution is -0.127. The fourth-order valence-corrected chi connectivity index (χ4v) is 4.83. The van der Waals surface area contributed by atoms with Gasteiger partial charge in [0.15, 0.2) is 0 Å². The molecule has 2 amide bonds. The van der Waals surface area contributed by atoms with Gasteiger partial charge in [-0.3, -0.25) is 14.5 Å². The van der Waals surface area contributed by atoms with Crippen LogP contribution in [0.3, 0.4) is 0 Å². The second-order valence-corrected chi connectivity index (χ2v) is 10.2. The van der Waals surface area contributed by atoms with Gasteiger partial charge in [0.1, 0.15) is 18.3 Å². The number of amides is 2. The molecule has 0 bridgehead atoms. The number of carbonyl (C=O) groups is 2. The Kier molecular flexibility index (Phi) is 8.91. The van der Waals surface area contributed by atoms with E-state index in [2.05, 4.69) is 20.7 Å². The number of hydrogen-bond donors (Lipinski definition) is 1. The molecule has 0 aliphatic carbocycles. The molecule has 11 heteroatoms. The number of halogens is 1. The molecule has 1 aliphatic heterocycles. The molecule has 1 saturated heterocycles. The monoisotopic (exact) mass is 574 g/mol. The summed E-state index contributed by atoms with van der Waals surface area (Å²) in [6, 6.07) is 20.6. The minimum atomic E-state index is -0.976. The molecule has 0 radical (unpaired) electrons. The largest absolute Gasteiger partial charge is 0.497 e. The van der Waals surface area contributed by atoms with Gasteiger partial charge in [0.05, 0.1) is 13.2 Å². The molecular weight excluding hydrogens is 544 g/mol. The summed E-state index contributed by atoms with van der Waals surface area (Å²) in [5.74, 6) is 0.170. The number of rotatable bonds is 10. The Morgan fingerprint density at radius 3 is 2.63 bits per heavy atom. The maximum Gasteiger partial charge on any atom is 0.251 e. The zero-order valence-corrected chi connectivity index (χ0v) is 23.6. The van der Waals surface area contributed by atoms with Crippen molar-refractivity contribution < 1.29 is 19.1 Å². The van der Waals surface area contributed by atoms with Crippen LogP contribution in [0.5, 0.6) is 5.75 Å². The van der Waals surface area contributed by atoms with Gasteiger partial charge in [0.2, 0.25) is 11.7 Å². The van der Waals surface area contributed by atoms with E-state index >= 15 is 0 Å². The van der Waals surface area contributed by atoms with E-state index in [1.165, 1.54) is 9.70 Å². The van der Waals surface area contributed by atoms with E-state index in [4.69, 9.17) is 21.1 Å². The van der Waals surface area contributed by atoms with E-state index in [1.807, 2.05) is 31.2 Å². The van der Waals surface area contributed by atoms with Gasteiger partial charge < -0.3 is 14.8 Å². The first kappa shape index (κ1) is 28.3. The average molecular weight is 575 g/mol. The lowest BCUT2D eigenvalue weighted by Crippen LogP contribution is -2.46. The Morgan fingerprint density at radius 2 is 1.93 bits per heavy atom. The van der Waals surface area contributed by atoms with E-state index in [0.29, 0.717) is 46.6 Å². The summed E-state index contributed by atoms with van der Waals surface area (Å²) < 4.78 is 11.1. The van der Waals surface area contributed by atoms with Crippen LogP contribution >= 0.6 is 11.6 Å². The summed E-state index contributed by atoms with van der Waals surface area (Å²) in [4.78, 5) is 30.6. The molecule has 4 aromatic rings. The van der Waals surface area contributed by atoms with Crippen molar-refractivity contribution in [3.05, 3.63) is 88.9 Å². The standard InChI is InChI=1S/C30H31ClN6O4/c1-20-8-10-21(11-9-20)28(30(39)32-18-26-7-4-16-41-26)37(24-5-3-6-25(17-24)40-2)27(38)19-36-34-29(33-35-36)22-12-14-23(31)15-13-22/h3,5-6,8-15,17,26,28H,4,7,16,18-19H2,1-2H3,(H,32,39)/t26-,28+/m0/s1. The molecule has 1 aliphatic rings. The van der Waals surface area contributed by atoms with Gasteiger partial charge in [-0.2, -0.15) is 4.80 Å². The van der Waals surface area contributed by atoms with Crippen molar-refractivity contribution in [1.82, 2.24) is 25.5 Å². The highest BCUT2D eigenvalue weighted by Crippen LogP contribution is 2.31. The van der Waals surface area contributed by atoms with Gasteiger partial charge in [-0.05, 0) is 66.9 Å². The fraction of sp³-hybridized carbons (Fsp3) is 0.300. The number of benzene rings is 3. The molecule has 2 heterocycles. The van der Waals surface area contributed by atoms with E-state index in [1.54, 1.807) is 55.6 Å². The lowest BCUT2D eigenvalue weighted by Gasteiger charge is -2.32. The predicted molar refractivity (Wildman–Crippen MR) is 155 cm³/mol. The number of carbonyl (C=O) groups excluding carboxylic acids is 2. The number of aromatic nitrogens is 4. The molecule has 0 unspecified atom stereocenters. The van der Waals surface area contributed by atoms with Gasteiger partial charge in [-0.1, -0.05) is 47.5 Å². The van der Waals surface area contributed by atoms with Crippen LogP contribution in [0.2, 0.25) is 5.02 Å². The van der Waals surface area contributed by atoms with Crippen LogP contribution in [0, 0.1) is 6.92 Å². The summed E-state index contributed by atoms with van der Waals surface area (Å²) in [6.45, 7) is 2.75. The van der Waals surface area contributed by atoms with Gasteiger partial charge in [-0.25, -0.2) is 0 Å². The van der Waals surface area contributed by atoms with Crippen molar-refractivity contribution in [2.45, 2.75) is 38.5 Å². The number of aryl methyl sites for hydroxylation is 1. The molecular formula is C30H31ClN6O4. The number of methoxy groups -OCH3 is 1. The topological polar surface area (TPSA) is 111 Å². The molecule has 0 spiro atoms. The Balaban J connectivity index is 1.49. The van der Waals surface area contributed by atoms with Gasteiger partial charge >= 0.3 is 0 Å². The summed E-state index contributed by atoms with van der Waals surface area (Å²) in [7, 11) is 1.55. The number of anilines is 1. The second-order valence-electron chi connectivity index (χ2n) is 9.81. The first-order chi connectivity index (χ1) is 19.9. The third kappa shape index (κ3) is 6.90. The quantitative estimate of drug-likeness (QED) is 0.299. The summed E-state index contributed by atoms with van der Waals surface area (Å²) >= 11 is 6.00. The molecule has 2 atom stereocenters. The van der Waals surface area contributed by atoms with Crippen LogP contribution in [-0.2, 0) is 20.9 Å². The number of nitrogens with zero attached hydrogens (tertiary/aromatic N) is 5. The second kappa shape index (κ2) is 12.9. The van der Waals surface area contributed by atoms with Crippen molar-refractivity contribution in [1.29, 1.82) is 0 Å². The molecule has 212 valence electrons. The van der Waals surface area contributed by atoms with Crippen molar-refractivity contribution in [2.24, 2.45) is 0 Å².